The van der Waals surface area contributed by atoms with Crippen LogP contribution in [0.15, 0.2) is 0 Å². The quantitative estimate of drug-likeness (QED) is 0.725. The highest BCUT2D eigenvalue weighted by Gasteiger charge is 2.27. The van der Waals surface area contributed by atoms with Gasteiger partial charge in [0.05, 0.1) is 6.54 Å². The molecule has 1 heterocycles. The van der Waals surface area contributed by atoms with Crippen LogP contribution >= 0.6 is 0 Å². The van der Waals surface area contributed by atoms with E-state index in [-0.39, 0.29) is 6.54 Å². The summed E-state index contributed by atoms with van der Waals surface area (Å²) in [5.74, 6) is -2.55. The van der Waals surface area contributed by atoms with E-state index in [1.807, 2.05) is 11.9 Å². The highest BCUT2D eigenvalue weighted by Crippen LogP contribution is 2.17. The zero-order valence-electron chi connectivity index (χ0n) is 8.32. The lowest BCUT2D eigenvalue weighted by molar-refractivity contribution is -0.0204. The summed E-state index contributed by atoms with van der Waals surface area (Å²) in [6.45, 7) is 2.46. The molecular formula is C9H18F2N2. The van der Waals surface area contributed by atoms with Gasteiger partial charge in [0.25, 0.3) is 5.92 Å². The first-order valence-electron chi connectivity index (χ1n) is 4.79. The second-order valence-corrected chi connectivity index (χ2v) is 3.91. The van der Waals surface area contributed by atoms with Gasteiger partial charge in [-0.15, -0.1) is 0 Å². The zero-order chi connectivity index (χ0) is 9.90. The van der Waals surface area contributed by atoms with E-state index in [4.69, 9.17) is 0 Å². The molecule has 0 bridgehead atoms. The van der Waals surface area contributed by atoms with Crippen LogP contribution in [0.4, 0.5) is 8.78 Å². The van der Waals surface area contributed by atoms with Gasteiger partial charge in [-0.1, -0.05) is 0 Å². The molecule has 78 valence electrons. The topological polar surface area (TPSA) is 15.3 Å². The van der Waals surface area contributed by atoms with Gasteiger partial charge in [0.2, 0.25) is 0 Å². The highest BCUT2D eigenvalue weighted by molar-refractivity contribution is 4.78. The molecule has 0 unspecified atom stereocenters. The number of nitrogens with one attached hydrogen (secondary N) is 1. The van der Waals surface area contributed by atoms with Gasteiger partial charge in [0, 0.05) is 13.0 Å². The molecule has 0 aliphatic carbocycles. The Kier molecular flexibility index (Phi) is 3.62. The summed E-state index contributed by atoms with van der Waals surface area (Å²) in [6, 6.07) is 0.515. The molecule has 0 aromatic heterocycles. The predicted molar refractivity (Wildman–Crippen MR) is 49.1 cm³/mol. The fourth-order valence-corrected chi connectivity index (χ4v) is 1.77. The minimum atomic E-state index is -2.55. The maximum Gasteiger partial charge on any atom is 0.257 e. The van der Waals surface area contributed by atoms with Gasteiger partial charge < -0.3 is 5.32 Å². The SMILES string of the molecule is CNC1CCN(CC(C)(F)F)CC1. The minimum Gasteiger partial charge on any atom is -0.317 e. The van der Waals surface area contributed by atoms with Crippen LogP contribution in [0.2, 0.25) is 0 Å². The van der Waals surface area contributed by atoms with Gasteiger partial charge in [-0.05, 0) is 33.0 Å². The molecule has 1 aliphatic heterocycles. The number of piperidine rings is 1. The van der Waals surface area contributed by atoms with Crippen LogP contribution in [0.3, 0.4) is 0 Å². The van der Waals surface area contributed by atoms with E-state index in [2.05, 4.69) is 5.32 Å². The molecule has 1 N–H and O–H groups in total. The lowest BCUT2D eigenvalue weighted by atomic mass is 10.1. The molecular weight excluding hydrogens is 174 g/mol. The average Bonchev–Trinajstić information content (AvgIpc) is 2.03. The third kappa shape index (κ3) is 4.00. The smallest absolute Gasteiger partial charge is 0.257 e. The molecule has 1 aliphatic rings. The molecule has 0 atom stereocenters. The summed E-state index contributed by atoms with van der Waals surface area (Å²) in [5.41, 5.74) is 0. The van der Waals surface area contributed by atoms with Crippen LogP contribution in [-0.4, -0.2) is 43.5 Å². The second kappa shape index (κ2) is 4.33. The normalized spacial score (nSPS) is 22.2. The van der Waals surface area contributed by atoms with E-state index in [0.29, 0.717) is 6.04 Å². The Balaban J connectivity index is 2.25. The second-order valence-electron chi connectivity index (χ2n) is 3.91. The summed E-state index contributed by atoms with van der Waals surface area (Å²) in [4.78, 5) is 1.84. The molecule has 13 heavy (non-hydrogen) atoms. The molecule has 2 nitrogen and oxygen atoms in total. The Morgan fingerprint density at radius 3 is 2.31 bits per heavy atom. The van der Waals surface area contributed by atoms with Crippen molar-refractivity contribution in [3.8, 4) is 0 Å². The zero-order valence-corrected chi connectivity index (χ0v) is 8.32. The van der Waals surface area contributed by atoms with E-state index in [1.165, 1.54) is 0 Å². The average molecular weight is 192 g/mol. The van der Waals surface area contributed by atoms with Crippen molar-refractivity contribution < 1.29 is 8.78 Å². The van der Waals surface area contributed by atoms with Crippen molar-refractivity contribution in [2.24, 2.45) is 0 Å². The fourth-order valence-electron chi connectivity index (χ4n) is 1.77. The number of hydrogen-bond acceptors (Lipinski definition) is 2. The van der Waals surface area contributed by atoms with Crippen molar-refractivity contribution in [3.05, 3.63) is 0 Å². The third-order valence-corrected chi connectivity index (χ3v) is 2.50. The molecule has 1 saturated heterocycles. The summed E-state index contributed by atoms with van der Waals surface area (Å²) >= 11 is 0. The standard InChI is InChI=1S/C9H18F2N2/c1-9(10,11)7-13-5-3-8(12-2)4-6-13/h8,12H,3-7H2,1-2H3. The van der Waals surface area contributed by atoms with Gasteiger partial charge in [-0.25, -0.2) is 8.78 Å². The molecule has 0 amide bonds. The Morgan fingerprint density at radius 1 is 1.38 bits per heavy atom. The monoisotopic (exact) mass is 192 g/mol. The Labute approximate surface area is 78.3 Å². The predicted octanol–water partition coefficient (Wildman–Crippen LogP) is 1.33. The molecule has 0 saturated carbocycles. The van der Waals surface area contributed by atoms with E-state index < -0.39 is 5.92 Å². The molecule has 0 aromatic rings. The first kappa shape index (κ1) is 10.9. The van der Waals surface area contributed by atoms with Crippen LogP contribution in [0.1, 0.15) is 19.8 Å². The number of hydrogen-bond donors (Lipinski definition) is 1. The van der Waals surface area contributed by atoms with E-state index in [9.17, 15) is 8.78 Å². The van der Waals surface area contributed by atoms with Crippen molar-refractivity contribution >= 4 is 0 Å². The highest BCUT2D eigenvalue weighted by atomic mass is 19.3. The lowest BCUT2D eigenvalue weighted by Gasteiger charge is -2.33. The minimum absolute atomic E-state index is 0.0938. The number of likely N-dealkylation sites (tertiary alicyclic amines) is 1. The van der Waals surface area contributed by atoms with Crippen LogP contribution < -0.4 is 5.32 Å². The van der Waals surface area contributed by atoms with Crippen molar-refractivity contribution in [2.75, 3.05) is 26.7 Å². The first-order valence-corrected chi connectivity index (χ1v) is 4.79. The van der Waals surface area contributed by atoms with Gasteiger partial charge in [0.15, 0.2) is 0 Å². The van der Waals surface area contributed by atoms with Crippen LogP contribution in [0, 0.1) is 0 Å². The van der Waals surface area contributed by atoms with E-state index >= 15 is 0 Å². The molecule has 1 rings (SSSR count). The summed E-state index contributed by atoms with van der Waals surface area (Å²) in [5, 5.41) is 3.17. The maximum absolute atomic E-state index is 12.6. The van der Waals surface area contributed by atoms with Gasteiger partial charge >= 0.3 is 0 Å². The van der Waals surface area contributed by atoms with Crippen molar-refractivity contribution in [3.63, 3.8) is 0 Å². The maximum atomic E-state index is 12.6. The van der Waals surface area contributed by atoms with Crippen molar-refractivity contribution in [1.29, 1.82) is 0 Å². The lowest BCUT2D eigenvalue weighted by Crippen LogP contribution is -2.44. The van der Waals surface area contributed by atoms with E-state index in [0.717, 1.165) is 32.9 Å². The molecule has 0 radical (unpaired) electrons. The Hall–Kier alpha value is -0.220. The molecule has 1 fully saturated rings. The fraction of sp³-hybridized carbons (Fsp3) is 1.00. The first-order chi connectivity index (χ1) is 6.01. The number of rotatable bonds is 3. The summed E-state index contributed by atoms with van der Waals surface area (Å²) < 4.78 is 25.3. The van der Waals surface area contributed by atoms with Gasteiger partial charge in [0.1, 0.15) is 0 Å². The van der Waals surface area contributed by atoms with Gasteiger partial charge in [-0.2, -0.15) is 0 Å². The third-order valence-electron chi connectivity index (χ3n) is 2.50. The molecule has 0 spiro atoms. The van der Waals surface area contributed by atoms with Crippen LogP contribution in [0.5, 0.6) is 0 Å². The Bertz CT molecular complexity index is 148. The number of alkyl halides is 2. The number of halogens is 2. The van der Waals surface area contributed by atoms with Crippen molar-refractivity contribution in [2.45, 2.75) is 31.7 Å². The summed E-state index contributed by atoms with van der Waals surface area (Å²) in [7, 11) is 1.93. The number of nitrogens with zero attached hydrogens (tertiary/aromatic N) is 1. The Morgan fingerprint density at radius 2 is 1.92 bits per heavy atom. The summed E-state index contributed by atoms with van der Waals surface area (Å²) in [6.07, 6.45) is 1.96. The van der Waals surface area contributed by atoms with Crippen LogP contribution in [-0.2, 0) is 0 Å². The van der Waals surface area contributed by atoms with E-state index in [1.54, 1.807) is 0 Å². The molecule has 0 aromatic carbocycles. The van der Waals surface area contributed by atoms with Crippen LogP contribution in [0.25, 0.3) is 0 Å². The van der Waals surface area contributed by atoms with Gasteiger partial charge in [-0.3, -0.25) is 4.90 Å². The largest absolute Gasteiger partial charge is 0.317 e. The molecule has 4 heteroatoms. The van der Waals surface area contributed by atoms with Crippen molar-refractivity contribution in [1.82, 2.24) is 10.2 Å².